The maximum atomic E-state index is 12.4. The number of carbonyl (C=O) groups excluding carboxylic acids is 1. The first-order chi connectivity index (χ1) is 11.3. The third-order valence-electron chi connectivity index (χ3n) is 2.71. The van der Waals surface area contributed by atoms with Gasteiger partial charge >= 0.3 is 19.2 Å². The summed E-state index contributed by atoms with van der Waals surface area (Å²) in [4.78, 5) is 22.0. The maximum Gasteiger partial charge on any atom is 0.387 e. The fourth-order valence-corrected chi connectivity index (χ4v) is 1.75. The van der Waals surface area contributed by atoms with E-state index in [1.165, 1.54) is 0 Å². The summed E-state index contributed by atoms with van der Waals surface area (Å²) in [7, 11) is 0. The molecule has 0 saturated heterocycles. The van der Waals surface area contributed by atoms with Crippen molar-refractivity contribution in [3.05, 3.63) is 18.2 Å². The topological polar surface area (TPSA) is 84.9 Å². The Balaban J connectivity index is 2.70. The molecule has 0 fully saturated rings. The number of halogens is 4. The molecule has 1 rings (SSSR count). The van der Waals surface area contributed by atoms with Gasteiger partial charge in [0.25, 0.3) is 0 Å². The Kier molecular flexibility index (Phi) is 7.80. The molecule has 134 valence electrons. The Bertz CT molecular complexity index is 568. The van der Waals surface area contributed by atoms with Gasteiger partial charge in [-0.2, -0.15) is 17.6 Å². The number of rotatable bonds is 10. The molecular weight excluding hydrogens is 338 g/mol. The Hall–Kier alpha value is -2.52. The van der Waals surface area contributed by atoms with E-state index in [4.69, 9.17) is 5.11 Å². The summed E-state index contributed by atoms with van der Waals surface area (Å²) in [5.41, 5.74) is -0.139. The van der Waals surface area contributed by atoms with E-state index in [0.717, 1.165) is 18.2 Å². The lowest BCUT2D eigenvalue weighted by Crippen LogP contribution is -2.14. The minimum atomic E-state index is -3.22. The van der Waals surface area contributed by atoms with Crippen molar-refractivity contribution in [1.82, 2.24) is 0 Å². The average Bonchev–Trinajstić information content (AvgIpc) is 2.45. The summed E-state index contributed by atoms with van der Waals surface area (Å²) < 4.78 is 57.3. The highest BCUT2D eigenvalue weighted by Crippen LogP contribution is 2.31. The number of hydrogen-bond donors (Lipinski definition) is 2. The van der Waals surface area contributed by atoms with E-state index in [-0.39, 0.29) is 31.4 Å². The van der Waals surface area contributed by atoms with Crippen molar-refractivity contribution in [3.63, 3.8) is 0 Å². The maximum absolute atomic E-state index is 12.4. The molecule has 10 heteroatoms. The molecule has 2 N–H and O–H groups in total. The third-order valence-corrected chi connectivity index (χ3v) is 2.71. The van der Waals surface area contributed by atoms with Crippen LogP contribution in [0.3, 0.4) is 0 Å². The Morgan fingerprint density at radius 2 is 1.67 bits per heavy atom. The summed E-state index contributed by atoms with van der Waals surface area (Å²) in [6.07, 6.45) is 0.448. The normalized spacial score (nSPS) is 10.8. The van der Waals surface area contributed by atoms with Gasteiger partial charge in [0.2, 0.25) is 5.91 Å². The van der Waals surface area contributed by atoms with Gasteiger partial charge in [-0.3, -0.25) is 9.59 Å². The molecule has 0 aliphatic rings. The lowest BCUT2D eigenvalue weighted by Gasteiger charge is -2.14. The molecule has 0 saturated carbocycles. The Labute approximate surface area is 134 Å². The van der Waals surface area contributed by atoms with Crippen molar-refractivity contribution in [1.29, 1.82) is 0 Å². The van der Waals surface area contributed by atoms with E-state index >= 15 is 0 Å². The first kappa shape index (κ1) is 19.5. The quantitative estimate of drug-likeness (QED) is 0.497. The molecule has 0 aromatic heterocycles. The van der Waals surface area contributed by atoms with Crippen molar-refractivity contribution < 1.29 is 41.7 Å². The van der Waals surface area contributed by atoms with Crippen LogP contribution in [0.2, 0.25) is 0 Å². The summed E-state index contributed by atoms with van der Waals surface area (Å²) >= 11 is 0. The van der Waals surface area contributed by atoms with Crippen LogP contribution >= 0.6 is 0 Å². The van der Waals surface area contributed by atoms with Crippen molar-refractivity contribution >= 4 is 17.6 Å². The van der Waals surface area contributed by atoms with E-state index in [0.29, 0.717) is 0 Å². The zero-order valence-electron chi connectivity index (χ0n) is 12.3. The zero-order valence-corrected chi connectivity index (χ0v) is 12.3. The lowest BCUT2D eigenvalue weighted by molar-refractivity contribution is -0.137. The predicted octanol–water partition coefficient (Wildman–Crippen LogP) is 3.47. The van der Waals surface area contributed by atoms with Crippen LogP contribution in [0.15, 0.2) is 18.2 Å². The second kappa shape index (κ2) is 9.58. The van der Waals surface area contributed by atoms with Gasteiger partial charge < -0.3 is 19.9 Å². The Morgan fingerprint density at radius 3 is 2.25 bits per heavy atom. The van der Waals surface area contributed by atoms with Crippen LogP contribution in [0.1, 0.15) is 25.7 Å². The van der Waals surface area contributed by atoms with E-state index in [1.807, 2.05) is 0 Å². The van der Waals surface area contributed by atoms with Gasteiger partial charge in [0.1, 0.15) is 5.75 Å². The molecule has 24 heavy (non-hydrogen) atoms. The molecule has 0 spiro atoms. The van der Waals surface area contributed by atoms with E-state index < -0.39 is 36.6 Å². The molecular formula is C14H15F4NO5. The molecule has 0 aliphatic carbocycles. The number of anilines is 1. The van der Waals surface area contributed by atoms with E-state index in [1.54, 1.807) is 0 Å². The first-order valence-electron chi connectivity index (χ1n) is 6.83. The first-order valence-corrected chi connectivity index (χ1v) is 6.83. The number of carbonyl (C=O) groups is 2. The standard InChI is InChI=1S/C14H15F4NO5/c15-13(16)23-8-5-6-9(10(7-8)24-14(17)18)19-11(20)3-1-2-4-12(21)22/h5-7,13-14H,1-4H2,(H,19,20)(H,21,22). The lowest BCUT2D eigenvalue weighted by atomic mass is 10.2. The minimum absolute atomic E-state index is 0.0311. The molecule has 1 aromatic rings. The second-order valence-electron chi connectivity index (χ2n) is 4.56. The van der Waals surface area contributed by atoms with Gasteiger partial charge in [-0.15, -0.1) is 0 Å². The van der Waals surface area contributed by atoms with Crippen LogP contribution in [-0.2, 0) is 9.59 Å². The van der Waals surface area contributed by atoms with Crippen molar-refractivity contribution in [3.8, 4) is 11.5 Å². The average molecular weight is 353 g/mol. The van der Waals surface area contributed by atoms with Gasteiger partial charge in [0.05, 0.1) is 5.69 Å². The van der Waals surface area contributed by atoms with Crippen LogP contribution in [0.4, 0.5) is 23.2 Å². The van der Waals surface area contributed by atoms with Crippen molar-refractivity contribution in [2.24, 2.45) is 0 Å². The molecule has 0 heterocycles. The summed E-state index contributed by atoms with van der Waals surface area (Å²) in [5, 5.41) is 10.8. The van der Waals surface area contributed by atoms with Gasteiger partial charge in [0.15, 0.2) is 5.75 Å². The van der Waals surface area contributed by atoms with Crippen LogP contribution in [0.25, 0.3) is 0 Å². The van der Waals surface area contributed by atoms with Crippen LogP contribution in [0.5, 0.6) is 11.5 Å². The second-order valence-corrected chi connectivity index (χ2v) is 4.56. The summed E-state index contributed by atoms with van der Waals surface area (Å²) in [5.74, 6) is -2.47. The number of nitrogens with one attached hydrogen (secondary N) is 1. The van der Waals surface area contributed by atoms with Crippen LogP contribution < -0.4 is 14.8 Å². The number of aliphatic carboxylic acids is 1. The number of benzene rings is 1. The summed E-state index contributed by atoms with van der Waals surface area (Å²) in [6, 6.07) is 2.95. The number of hydrogen-bond acceptors (Lipinski definition) is 4. The number of carboxylic acids is 1. The highest BCUT2D eigenvalue weighted by molar-refractivity contribution is 5.92. The number of amides is 1. The van der Waals surface area contributed by atoms with Gasteiger partial charge in [-0.1, -0.05) is 0 Å². The largest absolute Gasteiger partial charge is 0.481 e. The van der Waals surface area contributed by atoms with Gasteiger partial charge in [-0.05, 0) is 25.0 Å². The molecule has 0 unspecified atom stereocenters. The SMILES string of the molecule is O=C(O)CCCCC(=O)Nc1ccc(OC(F)F)cc1OC(F)F. The Morgan fingerprint density at radius 1 is 1.04 bits per heavy atom. The molecule has 6 nitrogen and oxygen atoms in total. The number of alkyl halides is 4. The smallest absolute Gasteiger partial charge is 0.387 e. The molecule has 0 aliphatic heterocycles. The fraction of sp³-hybridized carbons (Fsp3) is 0.429. The molecule has 1 amide bonds. The molecule has 0 atom stereocenters. The fourth-order valence-electron chi connectivity index (χ4n) is 1.75. The molecule has 0 radical (unpaired) electrons. The van der Waals surface area contributed by atoms with Crippen LogP contribution in [-0.4, -0.2) is 30.2 Å². The van der Waals surface area contributed by atoms with Crippen LogP contribution in [0, 0.1) is 0 Å². The van der Waals surface area contributed by atoms with Crippen molar-refractivity contribution in [2.45, 2.75) is 38.9 Å². The number of ether oxygens (including phenoxy) is 2. The predicted molar refractivity (Wildman–Crippen MR) is 74.4 cm³/mol. The third kappa shape index (κ3) is 7.65. The van der Waals surface area contributed by atoms with Crippen molar-refractivity contribution in [2.75, 3.05) is 5.32 Å². The highest BCUT2D eigenvalue weighted by atomic mass is 19.3. The van der Waals surface area contributed by atoms with E-state index in [2.05, 4.69) is 14.8 Å². The van der Waals surface area contributed by atoms with E-state index in [9.17, 15) is 27.2 Å². The number of carboxylic acid groups (broad SMARTS) is 1. The zero-order chi connectivity index (χ0) is 18.1. The number of unbranched alkanes of at least 4 members (excludes halogenated alkanes) is 1. The summed E-state index contributed by atoms with van der Waals surface area (Å²) in [6.45, 7) is -6.36. The minimum Gasteiger partial charge on any atom is -0.481 e. The monoisotopic (exact) mass is 353 g/mol. The molecule has 0 bridgehead atoms. The van der Waals surface area contributed by atoms with Gasteiger partial charge in [0, 0.05) is 18.9 Å². The highest BCUT2D eigenvalue weighted by Gasteiger charge is 2.15. The van der Waals surface area contributed by atoms with Gasteiger partial charge in [-0.25, -0.2) is 0 Å². The molecule has 1 aromatic carbocycles.